The van der Waals surface area contributed by atoms with Gasteiger partial charge < -0.3 is 15.1 Å². The number of fused-ring (bicyclic) bond motifs is 1. The monoisotopic (exact) mass is 399 g/mol. The summed E-state index contributed by atoms with van der Waals surface area (Å²) in [5, 5.41) is 19.7. The molecule has 2 aliphatic heterocycles. The summed E-state index contributed by atoms with van der Waals surface area (Å²) in [5.74, 6) is 0.183. The fourth-order valence-electron chi connectivity index (χ4n) is 4.41. The third kappa shape index (κ3) is 3.28. The molecule has 0 bridgehead atoms. The van der Waals surface area contributed by atoms with Crippen molar-refractivity contribution in [2.45, 2.75) is 29.4 Å². The molecule has 148 valence electrons. The molecule has 4 N–H and O–H groups in total. The predicted octanol–water partition coefficient (Wildman–Crippen LogP) is 2.21. The number of nitrogens with zero attached hydrogens (tertiary/aromatic N) is 1. The van der Waals surface area contributed by atoms with Crippen LogP contribution in [0.15, 0.2) is 53.4 Å². The molecule has 0 spiro atoms. The lowest BCUT2D eigenvalue weighted by molar-refractivity contribution is -0.130. The van der Waals surface area contributed by atoms with Gasteiger partial charge in [-0.15, -0.1) is 11.8 Å². The van der Waals surface area contributed by atoms with E-state index >= 15 is 0 Å². The number of nitrogens with one attached hydrogen (secondary N) is 2. The number of thioether (sulfide) groups is 1. The van der Waals surface area contributed by atoms with Gasteiger partial charge in [-0.25, -0.2) is 10.9 Å². The number of amides is 1. The van der Waals surface area contributed by atoms with Gasteiger partial charge in [0.2, 0.25) is 5.91 Å². The van der Waals surface area contributed by atoms with Gasteiger partial charge in [0, 0.05) is 29.5 Å². The molecule has 0 aliphatic carbocycles. The van der Waals surface area contributed by atoms with E-state index in [2.05, 4.69) is 35.1 Å². The average molecular weight is 400 g/mol. The first-order valence-corrected chi connectivity index (χ1v) is 10.7. The van der Waals surface area contributed by atoms with Crippen LogP contribution in [-0.2, 0) is 4.79 Å². The number of hydrogen-bond acceptors (Lipinski definition) is 6. The fraction of sp³-hybridized carbons (Fsp3) is 0.381. The lowest BCUT2D eigenvalue weighted by Crippen LogP contribution is -2.41. The van der Waals surface area contributed by atoms with E-state index in [-0.39, 0.29) is 42.3 Å². The number of aliphatic hydroxyl groups excluding tert-OH is 1. The van der Waals surface area contributed by atoms with Crippen molar-refractivity contribution in [3.63, 3.8) is 0 Å². The number of hydrazine groups is 1. The van der Waals surface area contributed by atoms with Crippen molar-refractivity contribution in [3.05, 3.63) is 59.7 Å². The zero-order valence-corrected chi connectivity index (χ0v) is 16.5. The maximum absolute atomic E-state index is 13.1. The van der Waals surface area contributed by atoms with E-state index < -0.39 is 0 Å². The van der Waals surface area contributed by atoms with E-state index in [4.69, 9.17) is 0 Å². The molecule has 4 atom stereocenters. The van der Waals surface area contributed by atoms with Crippen LogP contribution in [-0.4, -0.2) is 46.5 Å². The molecule has 2 aromatic carbocycles. The maximum atomic E-state index is 13.1. The minimum atomic E-state index is -0.367. The lowest BCUT2D eigenvalue weighted by atomic mass is 9.83. The number of carbonyl (C=O) groups is 1. The molecular weight excluding hydrogens is 374 g/mol. The number of aromatic hydroxyl groups is 1. The molecule has 0 aromatic heterocycles. The van der Waals surface area contributed by atoms with Crippen molar-refractivity contribution >= 4 is 17.7 Å². The smallest absolute Gasteiger partial charge is 0.242 e. The van der Waals surface area contributed by atoms with Gasteiger partial charge >= 0.3 is 0 Å². The SMILES string of the molecule is CSc1ccc(C2C3C(NNC3c3ccccc3O)C(=O)N2CCCO)cc1. The second-order valence-electron chi connectivity index (χ2n) is 7.21. The quantitative estimate of drug-likeness (QED) is 0.558. The molecule has 28 heavy (non-hydrogen) atoms. The largest absolute Gasteiger partial charge is 0.508 e. The lowest BCUT2D eigenvalue weighted by Gasteiger charge is -2.31. The van der Waals surface area contributed by atoms with Crippen molar-refractivity contribution in [1.29, 1.82) is 0 Å². The molecule has 2 aromatic rings. The summed E-state index contributed by atoms with van der Waals surface area (Å²) < 4.78 is 0. The molecule has 6 nitrogen and oxygen atoms in total. The number of phenolic OH excluding ortho intramolecular Hbond substituents is 1. The van der Waals surface area contributed by atoms with E-state index in [1.807, 2.05) is 23.3 Å². The second kappa shape index (κ2) is 8.13. The summed E-state index contributed by atoms with van der Waals surface area (Å²) in [6.07, 6.45) is 2.58. The number of aliphatic hydroxyl groups is 1. The molecule has 0 saturated carbocycles. The molecule has 4 rings (SSSR count). The maximum Gasteiger partial charge on any atom is 0.242 e. The Labute approximate surface area is 168 Å². The molecule has 2 fully saturated rings. The van der Waals surface area contributed by atoms with Gasteiger partial charge in [-0.3, -0.25) is 4.79 Å². The number of phenols is 1. The highest BCUT2D eigenvalue weighted by Gasteiger charge is 2.55. The Kier molecular flexibility index (Phi) is 5.59. The fourth-order valence-corrected chi connectivity index (χ4v) is 4.82. The van der Waals surface area contributed by atoms with Gasteiger partial charge in [0.05, 0.1) is 12.1 Å². The Morgan fingerprint density at radius 1 is 1.07 bits per heavy atom. The molecule has 2 saturated heterocycles. The first-order valence-electron chi connectivity index (χ1n) is 9.50. The van der Waals surface area contributed by atoms with Crippen LogP contribution in [0.3, 0.4) is 0 Å². The van der Waals surface area contributed by atoms with Gasteiger partial charge in [0.25, 0.3) is 0 Å². The Balaban J connectivity index is 1.74. The first-order chi connectivity index (χ1) is 13.7. The summed E-state index contributed by atoms with van der Waals surface area (Å²) in [5.41, 5.74) is 8.24. The zero-order chi connectivity index (χ0) is 19.7. The van der Waals surface area contributed by atoms with Crippen LogP contribution in [0.25, 0.3) is 0 Å². The van der Waals surface area contributed by atoms with E-state index in [1.165, 1.54) is 4.90 Å². The van der Waals surface area contributed by atoms with Crippen LogP contribution in [0.4, 0.5) is 0 Å². The van der Waals surface area contributed by atoms with E-state index in [0.717, 1.165) is 11.1 Å². The van der Waals surface area contributed by atoms with Crippen molar-refractivity contribution < 1.29 is 15.0 Å². The molecule has 2 heterocycles. The van der Waals surface area contributed by atoms with Crippen LogP contribution in [0.1, 0.15) is 29.6 Å². The zero-order valence-electron chi connectivity index (χ0n) is 15.7. The molecular formula is C21H25N3O3S. The molecule has 0 radical (unpaired) electrons. The minimum absolute atomic E-state index is 0.0304. The molecule has 4 unspecified atom stereocenters. The van der Waals surface area contributed by atoms with Crippen molar-refractivity contribution in [3.8, 4) is 5.75 Å². The standard InChI is InChI=1S/C21H25N3O3S/c1-28-14-9-7-13(8-10-14)20-17-18(15-5-2-3-6-16(15)26)22-23-19(17)21(27)24(20)11-4-12-25/h2-3,5-10,17-20,22-23,25-26H,4,11-12H2,1H3. The Morgan fingerprint density at radius 3 is 2.46 bits per heavy atom. The highest BCUT2D eigenvalue weighted by atomic mass is 32.2. The van der Waals surface area contributed by atoms with E-state index in [9.17, 15) is 15.0 Å². The van der Waals surface area contributed by atoms with Crippen molar-refractivity contribution in [1.82, 2.24) is 15.8 Å². The Hall–Kier alpha value is -2.06. The topological polar surface area (TPSA) is 84.8 Å². The number of para-hydroxylation sites is 1. The number of carbonyl (C=O) groups excluding carboxylic acids is 1. The van der Waals surface area contributed by atoms with Crippen LogP contribution in [0.2, 0.25) is 0 Å². The van der Waals surface area contributed by atoms with Crippen molar-refractivity contribution in [2.24, 2.45) is 5.92 Å². The highest BCUT2D eigenvalue weighted by molar-refractivity contribution is 7.98. The van der Waals surface area contributed by atoms with Gasteiger partial charge in [-0.1, -0.05) is 30.3 Å². The molecule has 7 heteroatoms. The van der Waals surface area contributed by atoms with Crippen LogP contribution < -0.4 is 10.9 Å². The summed E-state index contributed by atoms with van der Waals surface area (Å²) in [7, 11) is 0. The summed E-state index contributed by atoms with van der Waals surface area (Å²) in [6, 6.07) is 14.9. The number of hydrogen-bond donors (Lipinski definition) is 4. The normalized spacial score (nSPS) is 26.6. The average Bonchev–Trinajstić information content (AvgIpc) is 3.26. The summed E-state index contributed by atoms with van der Waals surface area (Å²) >= 11 is 1.68. The number of rotatable bonds is 6. The molecule has 2 aliphatic rings. The number of benzene rings is 2. The van der Waals surface area contributed by atoms with Gasteiger partial charge in [-0.05, 0) is 36.4 Å². The van der Waals surface area contributed by atoms with E-state index in [0.29, 0.717) is 13.0 Å². The Morgan fingerprint density at radius 2 is 1.79 bits per heavy atom. The van der Waals surface area contributed by atoms with Gasteiger partial charge in [0.1, 0.15) is 11.8 Å². The van der Waals surface area contributed by atoms with Crippen LogP contribution in [0, 0.1) is 5.92 Å². The predicted molar refractivity (Wildman–Crippen MR) is 109 cm³/mol. The second-order valence-corrected chi connectivity index (χ2v) is 8.09. The Bertz CT molecular complexity index is 845. The van der Waals surface area contributed by atoms with Crippen LogP contribution >= 0.6 is 11.8 Å². The summed E-state index contributed by atoms with van der Waals surface area (Å²) in [4.78, 5) is 16.2. The van der Waals surface area contributed by atoms with Crippen molar-refractivity contribution in [2.75, 3.05) is 19.4 Å². The van der Waals surface area contributed by atoms with Gasteiger partial charge in [-0.2, -0.15) is 0 Å². The number of likely N-dealkylation sites (tertiary alicyclic amines) is 1. The third-order valence-electron chi connectivity index (χ3n) is 5.70. The van der Waals surface area contributed by atoms with Gasteiger partial charge in [0.15, 0.2) is 0 Å². The third-order valence-corrected chi connectivity index (χ3v) is 6.44. The van der Waals surface area contributed by atoms with Crippen LogP contribution in [0.5, 0.6) is 5.75 Å². The highest BCUT2D eigenvalue weighted by Crippen LogP contribution is 2.48. The van der Waals surface area contributed by atoms with E-state index in [1.54, 1.807) is 23.9 Å². The summed E-state index contributed by atoms with van der Waals surface area (Å²) in [6.45, 7) is 0.554. The molecule has 1 amide bonds. The minimum Gasteiger partial charge on any atom is -0.508 e. The first kappa shape index (κ1) is 19.3.